The molecule has 3 heterocycles. The first-order valence-corrected chi connectivity index (χ1v) is 19.5. The Morgan fingerprint density at radius 3 is 1.63 bits per heavy atom. The molecule has 266 valence electrons. The standard InChI is InChI=1S/C54H34N2O/c1-4-15-35(16-5-1)36-27-29-48-46(32-36)54-45(42-23-14-25-49-53(42)43-22-10-12-24-47(43)55(49)39-17-6-2-7-18-39)33-38(34-50(54)56(48)40-19-8-3-9-20-40)37-28-30-52-44(31-37)41-21-11-13-26-51(41)57-52/h1-34H. The lowest BCUT2D eigenvalue weighted by Gasteiger charge is -2.14. The molecule has 0 aliphatic carbocycles. The number of para-hydroxylation sites is 4. The average Bonchev–Trinajstić information content (AvgIpc) is 3.94. The highest BCUT2D eigenvalue weighted by atomic mass is 16.3. The Bertz CT molecular complexity index is 3500. The van der Waals surface area contributed by atoms with Crippen LogP contribution in [0.2, 0.25) is 0 Å². The third-order valence-corrected chi connectivity index (χ3v) is 11.7. The van der Waals surface area contributed by atoms with Gasteiger partial charge in [-0.3, -0.25) is 0 Å². The van der Waals surface area contributed by atoms with Crippen LogP contribution in [0.1, 0.15) is 0 Å². The molecule has 3 heteroatoms. The van der Waals surface area contributed by atoms with Crippen LogP contribution in [0, 0.1) is 0 Å². The fourth-order valence-corrected chi connectivity index (χ4v) is 9.20. The molecule has 0 fully saturated rings. The summed E-state index contributed by atoms with van der Waals surface area (Å²) in [6.45, 7) is 0. The van der Waals surface area contributed by atoms with Gasteiger partial charge in [0.2, 0.25) is 0 Å². The van der Waals surface area contributed by atoms with Crippen LogP contribution in [0.4, 0.5) is 0 Å². The van der Waals surface area contributed by atoms with Gasteiger partial charge in [-0.25, -0.2) is 0 Å². The summed E-state index contributed by atoms with van der Waals surface area (Å²) in [5.41, 5.74) is 15.9. The Morgan fingerprint density at radius 2 is 0.842 bits per heavy atom. The van der Waals surface area contributed by atoms with E-state index in [9.17, 15) is 0 Å². The summed E-state index contributed by atoms with van der Waals surface area (Å²) in [4.78, 5) is 0. The monoisotopic (exact) mass is 726 g/mol. The van der Waals surface area contributed by atoms with Gasteiger partial charge in [0.05, 0.1) is 22.1 Å². The number of benzene rings is 9. The molecular formula is C54H34N2O. The van der Waals surface area contributed by atoms with E-state index in [0.717, 1.165) is 50.0 Å². The highest BCUT2D eigenvalue weighted by Crippen LogP contribution is 2.47. The number of fused-ring (bicyclic) bond motifs is 9. The summed E-state index contributed by atoms with van der Waals surface area (Å²) in [7, 11) is 0. The van der Waals surface area contributed by atoms with Crippen molar-refractivity contribution in [2.24, 2.45) is 0 Å². The molecule has 57 heavy (non-hydrogen) atoms. The zero-order valence-corrected chi connectivity index (χ0v) is 30.9. The van der Waals surface area contributed by atoms with Crippen molar-refractivity contribution in [3.63, 3.8) is 0 Å². The molecule has 0 saturated heterocycles. The van der Waals surface area contributed by atoms with Gasteiger partial charge in [-0.05, 0) is 112 Å². The molecular weight excluding hydrogens is 693 g/mol. The van der Waals surface area contributed by atoms with Crippen LogP contribution in [0.15, 0.2) is 211 Å². The van der Waals surface area contributed by atoms with E-state index in [2.05, 4.69) is 203 Å². The van der Waals surface area contributed by atoms with Gasteiger partial charge in [-0.15, -0.1) is 0 Å². The van der Waals surface area contributed by atoms with E-state index in [4.69, 9.17) is 4.42 Å². The fourth-order valence-electron chi connectivity index (χ4n) is 9.20. The molecule has 0 bridgehead atoms. The number of hydrogen-bond acceptors (Lipinski definition) is 1. The lowest BCUT2D eigenvalue weighted by molar-refractivity contribution is 0.669. The van der Waals surface area contributed by atoms with E-state index in [1.807, 2.05) is 12.1 Å². The summed E-state index contributed by atoms with van der Waals surface area (Å²) < 4.78 is 11.2. The van der Waals surface area contributed by atoms with E-state index in [1.165, 1.54) is 60.3 Å². The van der Waals surface area contributed by atoms with E-state index in [1.54, 1.807) is 0 Å². The molecule has 0 aliphatic rings. The SMILES string of the molecule is c1ccc(-c2ccc3c(c2)c2c(-c4cccc5c4c4ccccc4n5-c4ccccc4)cc(-c4ccc5oc6ccccc6c5c4)cc2n3-c2ccccc2)cc1. The van der Waals surface area contributed by atoms with Crippen LogP contribution in [0.5, 0.6) is 0 Å². The Morgan fingerprint density at radius 1 is 0.281 bits per heavy atom. The van der Waals surface area contributed by atoms with Gasteiger partial charge >= 0.3 is 0 Å². The minimum atomic E-state index is 0.895. The predicted molar refractivity (Wildman–Crippen MR) is 239 cm³/mol. The van der Waals surface area contributed by atoms with Gasteiger partial charge in [0.25, 0.3) is 0 Å². The number of hydrogen-bond donors (Lipinski definition) is 0. The molecule has 0 aliphatic heterocycles. The molecule has 0 atom stereocenters. The second kappa shape index (κ2) is 12.5. The summed E-state index contributed by atoms with van der Waals surface area (Å²) in [6.07, 6.45) is 0. The maximum atomic E-state index is 6.29. The van der Waals surface area contributed by atoms with E-state index in [-0.39, 0.29) is 0 Å². The van der Waals surface area contributed by atoms with E-state index in [0.29, 0.717) is 0 Å². The number of rotatable bonds is 5. The van der Waals surface area contributed by atoms with Gasteiger partial charge in [0.15, 0.2) is 0 Å². The summed E-state index contributed by atoms with van der Waals surface area (Å²) in [5.74, 6) is 0. The third kappa shape index (κ3) is 4.86. The van der Waals surface area contributed by atoms with E-state index < -0.39 is 0 Å². The van der Waals surface area contributed by atoms with Crippen molar-refractivity contribution in [3.8, 4) is 44.8 Å². The average molecular weight is 727 g/mol. The zero-order chi connectivity index (χ0) is 37.5. The van der Waals surface area contributed by atoms with Gasteiger partial charge < -0.3 is 13.6 Å². The quantitative estimate of drug-likeness (QED) is 0.173. The van der Waals surface area contributed by atoms with Gasteiger partial charge in [-0.2, -0.15) is 0 Å². The van der Waals surface area contributed by atoms with E-state index >= 15 is 0 Å². The molecule has 3 aromatic heterocycles. The maximum Gasteiger partial charge on any atom is 0.135 e. The summed E-state index contributed by atoms with van der Waals surface area (Å²) in [5, 5.41) is 7.17. The number of nitrogens with zero attached hydrogens (tertiary/aromatic N) is 2. The van der Waals surface area contributed by atoms with Crippen LogP contribution in [-0.4, -0.2) is 9.13 Å². The van der Waals surface area contributed by atoms with Crippen LogP contribution < -0.4 is 0 Å². The van der Waals surface area contributed by atoms with Crippen LogP contribution in [-0.2, 0) is 0 Å². The van der Waals surface area contributed by atoms with Gasteiger partial charge in [-0.1, -0.05) is 127 Å². The second-order valence-electron chi connectivity index (χ2n) is 14.9. The highest BCUT2D eigenvalue weighted by molar-refractivity contribution is 6.23. The Kier molecular flexibility index (Phi) is 6.93. The van der Waals surface area contributed by atoms with Crippen LogP contribution in [0.3, 0.4) is 0 Å². The minimum absolute atomic E-state index is 0.895. The minimum Gasteiger partial charge on any atom is -0.456 e. The Labute approximate surface area is 328 Å². The summed E-state index contributed by atoms with van der Waals surface area (Å²) >= 11 is 0. The molecule has 9 aromatic carbocycles. The summed E-state index contributed by atoms with van der Waals surface area (Å²) in [6, 6.07) is 74.6. The first-order chi connectivity index (χ1) is 28.3. The second-order valence-corrected chi connectivity index (χ2v) is 14.9. The maximum absolute atomic E-state index is 6.29. The van der Waals surface area contributed by atoms with Crippen molar-refractivity contribution in [2.45, 2.75) is 0 Å². The Hall–Kier alpha value is -7.62. The lowest BCUT2D eigenvalue weighted by Crippen LogP contribution is -1.94. The molecule has 0 saturated carbocycles. The van der Waals surface area contributed by atoms with Crippen molar-refractivity contribution in [1.82, 2.24) is 9.13 Å². The van der Waals surface area contributed by atoms with Crippen molar-refractivity contribution >= 4 is 65.6 Å². The first-order valence-electron chi connectivity index (χ1n) is 19.5. The molecule has 0 N–H and O–H groups in total. The highest BCUT2D eigenvalue weighted by Gasteiger charge is 2.23. The fraction of sp³-hybridized carbons (Fsp3) is 0. The number of furan rings is 1. The largest absolute Gasteiger partial charge is 0.456 e. The van der Waals surface area contributed by atoms with Crippen LogP contribution >= 0.6 is 0 Å². The smallest absolute Gasteiger partial charge is 0.135 e. The zero-order valence-electron chi connectivity index (χ0n) is 30.9. The predicted octanol–water partition coefficient (Wildman–Crippen LogP) is 14.8. The lowest BCUT2D eigenvalue weighted by atomic mass is 9.91. The number of aromatic nitrogens is 2. The molecule has 12 rings (SSSR count). The molecule has 12 aromatic rings. The van der Waals surface area contributed by atoms with Crippen molar-refractivity contribution < 1.29 is 4.42 Å². The molecule has 0 amide bonds. The van der Waals surface area contributed by atoms with Gasteiger partial charge in [0, 0.05) is 43.7 Å². The third-order valence-electron chi connectivity index (χ3n) is 11.7. The topological polar surface area (TPSA) is 23.0 Å². The molecule has 3 nitrogen and oxygen atoms in total. The molecule has 0 unspecified atom stereocenters. The molecule has 0 radical (unpaired) electrons. The van der Waals surface area contributed by atoms with Crippen LogP contribution in [0.25, 0.3) is 110 Å². The normalized spacial score (nSPS) is 11.9. The van der Waals surface area contributed by atoms with Gasteiger partial charge in [0.1, 0.15) is 11.2 Å². The molecule has 0 spiro atoms. The first kappa shape index (κ1) is 31.7. The van der Waals surface area contributed by atoms with Crippen molar-refractivity contribution in [2.75, 3.05) is 0 Å². The van der Waals surface area contributed by atoms with Crippen molar-refractivity contribution in [1.29, 1.82) is 0 Å². The Balaban J connectivity index is 1.25. The van der Waals surface area contributed by atoms with Crippen molar-refractivity contribution in [3.05, 3.63) is 206 Å².